The van der Waals surface area contributed by atoms with E-state index in [1.165, 1.54) is 33.4 Å². The molecule has 3 aliphatic carbocycles. The van der Waals surface area contributed by atoms with Crippen molar-refractivity contribution in [2.45, 2.75) is 63.2 Å². The molecule has 0 bridgehead atoms. The van der Waals surface area contributed by atoms with Crippen LogP contribution in [0.25, 0.3) is 50.6 Å². The zero-order valence-corrected chi connectivity index (χ0v) is 52.6. The molecule has 0 saturated heterocycles. The Labute approximate surface area is 544 Å². The maximum absolute atomic E-state index is 15.4. The molecule has 12 aromatic carbocycles. The number of halogens is 2. The lowest BCUT2D eigenvalue weighted by Gasteiger charge is -2.35. The summed E-state index contributed by atoms with van der Waals surface area (Å²) in [5.74, 6) is 2.34. The first-order valence-electron chi connectivity index (χ1n) is 32.3. The third kappa shape index (κ3) is 9.93. The molecular formula is C88H69F2NO2. The molecule has 0 heterocycles. The van der Waals surface area contributed by atoms with Gasteiger partial charge in [-0.1, -0.05) is 222 Å². The van der Waals surface area contributed by atoms with Crippen LogP contribution in [0.5, 0.6) is 17.2 Å². The lowest BCUT2D eigenvalue weighted by molar-refractivity contribution is 0.441. The van der Waals surface area contributed by atoms with Gasteiger partial charge in [-0.15, -0.1) is 0 Å². The summed E-state index contributed by atoms with van der Waals surface area (Å²) in [5.41, 5.74) is 22.3. The summed E-state index contributed by atoms with van der Waals surface area (Å²) in [5, 5.41) is 0. The van der Waals surface area contributed by atoms with E-state index < -0.39 is 10.8 Å². The molecule has 0 aliphatic heterocycles. The number of benzene rings is 12. The number of ether oxygens (including phenoxy) is 2. The average molecular weight is 1210 g/mol. The van der Waals surface area contributed by atoms with Gasteiger partial charge in [-0.3, -0.25) is 0 Å². The molecule has 452 valence electrons. The maximum atomic E-state index is 15.4. The lowest BCUT2D eigenvalue weighted by Crippen LogP contribution is -2.29. The largest absolute Gasteiger partial charge is 0.458 e. The van der Waals surface area contributed by atoms with Crippen LogP contribution in [0.2, 0.25) is 0 Å². The Morgan fingerprint density at radius 1 is 0.452 bits per heavy atom. The fourth-order valence-corrected chi connectivity index (χ4v) is 15.3. The predicted octanol–water partition coefficient (Wildman–Crippen LogP) is 23.4. The van der Waals surface area contributed by atoms with Crippen LogP contribution in [0.3, 0.4) is 0 Å². The molecule has 3 nitrogen and oxygen atoms in total. The summed E-state index contributed by atoms with van der Waals surface area (Å²) in [7, 11) is 0. The standard InChI is InChI=1S/C88H69F2NO2/c1-6-18-69(92-70-46-30-58(7-2)31-47-70)21-17-54-87(61-34-40-64(89)41-35-61)81-28-13-10-22-74(81)77-52-44-67(56-83(77)87)91(66-20-15-19-60(55-66)73-25-16-26-79-76-24-9-12-27-80(76)86(4,5)85(73)79)68-45-53-78-75-23-11-14-29-82(75)88(84(78)57-68,62-36-42-65(90)43-37-62)63-38-50-72(51-39-63)93-71-48-32-59(8-3)33-49-71/h8-53,55-57H,3,6-7,54H2,1-2,4-5H3/b21-17-,69-18+. The molecule has 0 N–H and O–H groups in total. The Hall–Kier alpha value is -10.9. The van der Waals surface area contributed by atoms with Gasteiger partial charge in [-0.05, 0) is 234 Å². The molecule has 15 rings (SSSR count). The molecule has 0 amide bonds. The van der Waals surface area contributed by atoms with Crippen LogP contribution in [0.1, 0.15) is 102 Å². The van der Waals surface area contributed by atoms with Crippen molar-refractivity contribution >= 4 is 23.1 Å². The number of nitrogens with zero attached hydrogens (tertiary/aromatic N) is 1. The first kappa shape index (κ1) is 58.5. The number of rotatable bonds is 17. The molecule has 0 spiro atoms. The molecular weight excluding hydrogens is 1140 g/mol. The summed E-state index contributed by atoms with van der Waals surface area (Å²) < 4.78 is 43.9. The van der Waals surface area contributed by atoms with Crippen LogP contribution in [-0.4, -0.2) is 0 Å². The van der Waals surface area contributed by atoms with Gasteiger partial charge in [0.25, 0.3) is 0 Å². The molecule has 0 radical (unpaired) electrons. The number of hydrogen-bond acceptors (Lipinski definition) is 3. The van der Waals surface area contributed by atoms with E-state index >= 15 is 8.78 Å². The van der Waals surface area contributed by atoms with Crippen molar-refractivity contribution in [2.24, 2.45) is 0 Å². The highest BCUT2D eigenvalue weighted by Crippen LogP contribution is 2.60. The number of allylic oxidation sites excluding steroid dienone is 3. The van der Waals surface area contributed by atoms with Gasteiger partial charge in [0.2, 0.25) is 0 Å². The number of fused-ring (bicyclic) bond motifs is 9. The summed E-state index contributed by atoms with van der Waals surface area (Å²) in [6, 6.07) is 94.5. The molecule has 3 aliphatic rings. The molecule has 0 aromatic heterocycles. The van der Waals surface area contributed by atoms with Crippen LogP contribution in [0.15, 0.2) is 304 Å². The van der Waals surface area contributed by atoms with Crippen molar-refractivity contribution in [2.75, 3.05) is 4.90 Å². The van der Waals surface area contributed by atoms with Crippen molar-refractivity contribution in [3.05, 3.63) is 376 Å². The summed E-state index contributed by atoms with van der Waals surface area (Å²) in [4.78, 5) is 2.41. The minimum Gasteiger partial charge on any atom is -0.458 e. The van der Waals surface area contributed by atoms with Gasteiger partial charge in [0.05, 0.1) is 5.41 Å². The van der Waals surface area contributed by atoms with E-state index in [2.05, 4.69) is 233 Å². The first-order valence-corrected chi connectivity index (χ1v) is 32.3. The van der Waals surface area contributed by atoms with Gasteiger partial charge >= 0.3 is 0 Å². The van der Waals surface area contributed by atoms with E-state index in [-0.39, 0.29) is 17.0 Å². The monoisotopic (exact) mass is 1210 g/mol. The molecule has 93 heavy (non-hydrogen) atoms. The van der Waals surface area contributed by atoms with Gasteiger partial charge in [-0.25, -0.2) is 8.78 Å². The summed E-state index contributed by atoms with van der Waals surface area (Å²) in [6.45, 7) is 12.9. The van der Waals surface area contributed by atoms with E-state index in [4.69, 9.17) is 9.47 Å². The Bertz CT molecular complexity index is 4900. The fourth-order valence-electron chi connectivity index (χ4n) is 15.3. The minimum absolute atomic E-state index is 0.259. The highest BCUT2D eigenvalue weighted by Gasteiger charge is 2.48. The molecule has 12 aromatic rings. The summed E-state index contributed by atoms with van der Waals surface area (Å²) >= 11 is 0. The van der Waals surface area contributed by atoms with Crippen molar-refractivity contribution < 1.29 is 18.3 Å². The Morgan fingerprint density at radius 3 is 1.60 bits per heavy atom. The Morgan fingerprint density at radius 2 is 0.957 bits per heavy atom. The molecule has 2 atom stereocenters. The third-order valence-electron chi connectivity index (χ3n) is 19.6. The van der Waals surface area contributed by atoms with Crippen molar-refractivity contribution in [1.29, 1.82) is 0 Å². The van der Waals surface area contributed by atoms with E-state index in [0.717, 1.165) is 119 Å². The van der Waals surface area contributed by atoms with Crippen LogP contribution in [0.4, 0.5) is 25.8 Å². The zero-order valence-electron chi connectivity index (χ0n) is 52.6. The second-order valence-electron chi connectivity index (χ2n) is 25.1. The van der Waals surface area contributed by atoms with Crippen molar-refractivity contribution in [3.8, 4) is 61.8 Å². The first-order chi connectivity index (χ1) is 45.5. The molecule has 2 unspecified atom stereocenters. The van der Waals surface area contributed by atoms with E-state index in [0.29, 0.717) is 12.2 Å². The number of aryl methyl sites for hydroxylation is 1. The average Bonchev–Trinajstić information content (AvgIpc) is 1.55. The normalized spacial score (nSPS) is 16.2. The highest BCUT2D eigenvalue weighted by molar-refractivity contribution is 5.94. The zero-order chi connectivity index (χ0) is 63.4. The van der Waals surface area contributed by atoms with Crippen LogP contribution >= 0.6 is 0 Å². The van der Waals surface area contributed by atoms with E-state index in [1.807, 2.05) is 78.9 Å². The third-order valence-corrected chi connectivity index (χ3v) is 19.6. The van der Waals surface area contributed by atoms with Gasteiger partial charge in [0, 0.05) is 27.9 Å². The maximum Gasteiger partial charge on any atom is 0.127 e. The lowest BCUT2D eigenvalue weighted by atomic mass is 9.67. The smallest absolute Gasteiger partial charge is 0.127 e. The minimum atomic E-state index is -0.907. The van der Waals surface area contributed by atoms with Gasteiger partial charge in [0.1, 0.15) is 34.6 Å². The SMILES string of the molecule is C=Cc1ccc(Oc2ccc(C3(c4ccc(F)cc4)c4ccccc4-c4ccc(N(c5cccc(-c6cccc7c6C(C)(C)c6ccccc6-7)c5)c5ccc6c(c5)C(C/C=C\C(=C/CC)Oc5ccc(CC)cc5)(c5ccc(F)cc5)c5ccccc5-6)cc43)cc2)cc1. The number of hydrogen-bond donors (Lipinski definition) is 0. The predicted molar refractivity (Wildman–Crippen MR) is 378 cm³/mol. The van der Waals surface area contributed by atoms with Crippen LogP contribution < -0.4 is 14.4 Å². The molecule has 0 fully saturated rings. The fraction of sp³-hybridized carbons (Fsp3) is 0.114. The van der Waals surface area contributed by atoms with E-state index in [9.17, 15) is 0 Å². The van der Waals surface area contributed by atoms with Crippen molar-refractivity contribution in [1.82, 2.24) is 0 Å². The molecule has 5 heteroatoms. The second-order valence-corrected chi connectivity index (χ2v) is 25.1. The quantitative estimate of drug-likeness (QED) is 0.0670. The Kier molecular flexibility index (Phi) is 14.9. The number of anilines is 3. The second kappa shape index (κ2) is 23.7. The van der Waals surface area contributed by atoms with Crippen LogP contribution in [0, 0.1) is 11.6 Å². The van der Waals surface area contributed by atoms with Crippen molar-refractivity contribution in [3.63, 3.8) is 0 Å². The molecule has 0 saturated carbocycles. The van der Waals surface area contributed by atoms with Gasteiger partial charge in [0.15, 0.2) is 0 Å². The summed E-state index contributed by atoms with van der Waals surface area (Å²) in [6.07, 6.45) is 10.5. The Balaban J connectivity index is 0.940. The highest BCUT2D eigenvalue weighted by atomic mass is 19.1. The van der Waals surface area contributed by atoms with E-state index in [1.54, 1.807) is 24.3 Å². The van der Waals surface area contributed by atoms with Gasteiger partial charge in [-0.2, -0.15) is 0 Å². The van der Waals surface area contributed by atoms with Gasteiger partial charge < -0.3 is 14.4 Å². The topological polar surface area (TPSA) is 21.7 Å². The van der Waals surface area contributed by atoms with Crippen LogP contribution in [-0.2, 0) is 22.7 Å².